The summed E-state index contributed by atoms with van der Waals surface area (Å²) in [6.07, 6.45) is -3.68. The highest BCUT2D eigenvalue weighted by atomic mass is 19.4. The summed E-state index contributed by atoms with van der Waals surface area (Å²) in [7, 11) is 0. The van der Waals surface area contributed by atoms with Crippen LogP contribution >= 0.6 is 0 Å². The van der Waals surface area contributed by atoms with E-state index in [0.717, 1.165) is 0 Å². The molecule has 0 fully saturated rings. The number of nitrogens with zero attached hydrogens (tertiary/aromatic N) is 3. The first kappa shape index (κ1) is 15.5. The van der Waals surface area contributed by atoms with Crippen LogP contribution < -0.4 is 10.6 Å². The van der Waals surface area contributed by atoms with Crippen molar-refractivity contribution in [3.05, 3.63) is 11.9 Å². The highest BCUT2D eigenvalue weighted by molar-refractivity contribution is 5.47. The minimum absolute atomic E-state index is 0.0108. The Labute approximate surface area is 110 Å². The normalized spacial score (nSPS) is 11.9. The maximum absolute atomic E-state index is 12.6. The highest BCUT2D eigenvalue weighted by Gasteiger charge is 2.31. The molecule has 1 rings (SSSR count). The van der Waals surface area contributed by atoms with Crippen molar-refractivity contribution in [3.8, 4) is 0 Å². The maximum atomic E-state index is 12.6. The summed E-state index contributed by atoms with van der Waals surface area (Å²) in [4.78, 5) is 9.39. The molecule has 4 nitrogen and oxygen atoms in total. The lowest BCUT2D eigenvalue weighted by atomic mass is 10.2. The molecule has 1 aromatic rings. The monoisotopic (exact) mass is 276 g/mol. The van der Waals surface area contributed by atoms with E-state index < -0.39 is 12.7 Å². The summed E-state index contributed by atoms with van der Waals surface area (Å²) in [6, 6.07) is 1.38. The number of nitrogen functional groups attached to an aromatic ring is 1. The van der Waals surface area contributed by atoms with Crippen molar-refractivity contribution >= 4 is 11.6 Å². The van der Waals surface area contributed by atoms with Crippen molar-refractivity contribution in [1.29, 1.82) is 0 Å². The Balaban J connectivity index is 3.07. The van der Waals surface area contributed by atoms with E-state index in [9.17, 15) is 13.2 Å². The zero-order valence-corrected chi connectivity index (χ0v) is 11.3. The van der Waals surface area contributed by atoms with Crippen molar-refractivity contribution in [2.75, 3.05) is 23.7 Å². The average molecular weight is 276 g/mol. The molecule has 1 heterocycles. The van der Waals surface area contributed by atoms with E-state index in [1.165, 1.54) is 11.0 Å². The number of alkyl halides is 3. The number of hydrogen-bond acceptors (Lipinski definition) is 4. The molecule has 2 N–H and O–H groups in total. The molecule has 0 amide bonds. The molecular weight excluding hydrogens is 257 g/mol. The fourth-order valence-corrected chi connectivity index (χ4v) is 1.65. The molecular formula is C12H19F3N4. The second kappa shape index (κ2) is 6.08. The SMILES string of the molecule is CCCN(CC(F)(F)F)c1cc(N)nc(C(C)C)n1. The van der Waals surface area contributed by atoms with Crippen LogP contribution in [0.5, 0.6) is 0 Å². The van der Waals surface area contributed by atoms with Crippen LogP contribution in [0.25, 0.3) is 0 Å². The molecule has 0 aliphatic heterocycles. The molecule has 0 unspecified atom stereocenters. The zero-order valence-electron chi connectivity index (χ0n) is 11.3. The van der Waals surface area contributed by atoms with Crippen LogP contribution in [-0.2, 0) is 0 Å². The van der Waals surface area contributed by atoms with Gasteiger partial charge in [-0.05, 0) is 6.42 Å². The van der Waals surface area contributed by atoms with Gasteiger partial charge in [-0.2, -0.15) is 13.2 Å². The molecule has 0 aliphatic rings. The third-order valence-corrected chi connectivity index (χ3v) is 2.45. The van der Waals surface area contributed by atoms with Crippen molar-refractivity contribution in [2.24, 2.45) is 0 Å². The molecule has 0 saturated carbocycles. The number of anilines is 2. The van der Waals surface area contributed by atoms with Crippen LogP contribution in [0.2, 0.25) is 0 Å². The third-order valence-electron chi connectivity index (χ3n) is 2.45. The van der Waals surface area contributed by atoms with E-state index in [1.807, 2.05) is 20.8 Å². The van der Waals surface area contributed by atoms with Crippen LogP contribution in [0.1, 0.15) is 38.9 Å². The van der Waals surface area contributed by atoms with E-state index in [0.29, 0.717) is 12.2 Å². The number of rotatable bonds is 5. The lowest BCUT2D eigenvalue weighted by molar-refractivity contribution is -0.119. The van der Waals surface area contributed by atoms with Gasteiger partial charge in [0.05, 0.1) is 0 Å². The van der Waals surface area contributed by atoms with Crippen molar-refractivity contribution < 1.29 is 13.2 Å². The van der Waals surface area contributed by atoms with Gasteiger partial charge in [0.15, 0.2) is 0 Å². The predicted octanol–water partition coefficient (Wildman–Crippen LogP) is 2.96. The second-order valence-corrected chi connectivity index (χ2v) is 4.70. The van der Waals surface area contributed by atoms with E-state index in [1.54, 1.807) is 0 Å². The Bertz CT molecular complexity index is 418. The van der Waals surface area contributed by atoms with Gasteiger partial charge in [-0.1, -0.05) is 20.8 Å². The highest BCUT2D eigenvalue weighted by Crippen LogP contribution is 2.23. The van der Waals surface area contributed by atoms with Crippen molar-refractivity contribution in [1.82, 2.24) is 9.97 Å². The summed E-state index contributed by atoms with van der Waals surface area (Å²) in [5.74, 6) is 0.891. The predicted molar refractivity (Wildman–Crippen MR) is 69.1 cm³/mol. The van der Waals surface area contributed by atoms with Crippen LogP contribution in [0, 0.1) is 0 Å². The van der Waals surface area contributed by atoms with Crippen molar-refractivity contribution in [3.63, 3.8) is 0 Å². The maximum Gasteiger partial charge on any atom is 0.405 e. The molecule has 0 atom stereocenters. The van der Waals surface area contributed by atoms with Gasteiger partial charge in [0.2, 0.25) is 0 Å². The van der Waals surface area contributed by atoms with E-state index in [4.69, 9.17) is 5.73 Å². The van der Waals surface area contributed by atoms with Gasteiger partial charge in [-0.25, -0.2) is 9.97 Å². The largest absolute Gasteiger partial charge is 0.405 e. The zero-order chi connectivity index (χ0) is 14.6. The molecule has 0 aromatic carbocycles. The molecule has 0 bridgehead atoms. The molecule has 0 radical (unpaired) electrons. The van der Waals surface area contributed by atoms with E-state index in [-0.39, 0.29) is 24.1 Å². The lowest BCUT2D eigenvalue weighted by Crippen LogP contribution is -2.35. The molecule has 1 aromatic heterocycles. The number of aromatic nitrogens is 2. The summed E-state index contributed by atoms with van der Waals surface area (Å²) in [6.45, 7) is 4.79. The second-order valence-electron chi connectivity index (χ2n) is 4.70. The summed E-state index contributed by atoms with van der Waals surface area (Å²) < 4.78 is 37.7. The van der Waals surface area contributed by atoms with Gasteiger partial charge in [-0.15, -0.1) is 0 Å². The quantitative estimate of drug-likeness (QED) is 0.898. The minimum Gasteiger partial charge on any atom is -0.384 e. The first-order chi connectivity index (χ1) is 8.73. The first-order valence-electron chi connectivity index (χ1n) is 6.19. The molecule has 7 heteroatoms. The van der Waals surface area contributed by atoms with Crippen molar-refractivity contribution in [2.45, 2.75) is 39.3 Å². The third kappa shape index (κ3) is 4.92. The Morgan fingerprint density at radius 2 is 1.95 bits per heavy atom. The van der Waals surface area contributed by atoms with Gasteiger partial charge < -0.3 is 10.6 Å². The topological polar surface area (TPSA) is 55.0 Å². The summed E-state index contributed by atoms with van der Waals surface area (Å²) >= 11 is 0. The van der Waals surface area contributed by atoms with Gasteiger partial charge in [0.25, 0.3) is 0 Å². The van der Waals surface area contributed by atoms with Gasteiger partial charge in [0.1, 0.15) is 24.0 Å². The molecule has 0 aliphatic carbocycles. The van der Waals surface area contributed by atoms with Crippen LogP contribution in [0.15, 0.2) is 6.07 Å². The number of nitrogens with two attached hydrogens (primary N) is 1. The summed E-state index contributed by atoms with van der Waals surface area (Å²) in [5.41, 5.74) is 5.64. The van der Waals surface area contributed by atoms with Gasteiger partial charge in [-0.3, -0.25) is 0 Å². The Morgan fingerprint density at radius 3 is 2.42 bits per heavy atom. The van der Waals surface area contributed by atoms with Crippen LogP contribution in [0.4, 0.5) is 24.8 Å². The van der Waals surface area contributed by atoms with E-state index in [2.05, 4.69) is 9.97 Å². The molecule has 108 valence electrons. The Morgan fingerprint density at radius 1 is 1.32 bits per heavy atom. The number of halogens is 3. The molecule has 0 saturated heterocycles. The first-order valence-corrected chi connectivity index (χ1v) is 6.19. The fraction of sp³-hybridized carbons (Fsp3) is 0.667. The summed E-state index contributed by atoms with van der Waals surface area (Å²) in [5, 5.41) is 0. The molecule has 19 heavy (non-hydrogen) atoms. The van der Waals surface area contributed by atoms with Gasteiger partial charge >= 0.3 is 6.18 Å². The fourth-order valence-electron chi connectivity index (χ4n) is 1.65. The average Bonchev–Trinajstić information content (AvgIpc) is 2.25. The van der Waals surface area contributed by atoms with Crippen LogP contribution in [0.3, 0.4) is 0 Å². The Hall–Kier alpha value is -1.53. The Kier molecular flexibility index (Phi) is 4.97. The molecule has 0 spiro atoms. The number of hydrogen-bond donors (Lipinski definition) is 1. The lowest BCUT2D eigenvalue weighted by Gasteiger charge is -2.25. The standard InChI is InChI=1S/C12H19F3N4/c1-4-5-19(7-12(13,14)15)10-6-9(16)17-11(18-10)8(2)3/h6,8H,4-5,7H2,1-3H3,(H2,16,17,18). The van der Waals surface area contributed by atoms with E-state index >= 15 is 0 Å². The minimum atomic E-state index is -4.27. The smallest absolute Gasteiger partial charge is 0.384 e. The van der Waals surface area contributed by atoms with Crippen LogP contribution in [-0.4, -0.2) is 29.2 Å². The van der Waals surface area contributed by atoms with Gasteiger partial charge in [0, 0.05) is 18.5 Å².